The lowest BCUT2D eigenvalue weighted by molar-refractivity contribution is 0.187. The Morgan fingerprint density at radius 2 is 0.625 bits per heavy atom. The number of hydrogen-bond donors (Lipinski definition) is 4. The SMILES string of the molecule is c1cc2cc(c1)CN1CCNCCNCCN(CC1)Cc1cccc(c1)CN1CCNCCNCCN(CC1)C2. The first-order chi connectivity index (χ1) is 19.8. The second-order valence-electron chi connectivity index (χ2n) is 11.7. The van der Waals surface area contributed by atoms with Crippen molar-refractivity contribution in [3.63, 3.8) is 0 Å². The van der Waals surface area contributed by atoms with Gasteiger partial charge in [0.2, 0.25) is 0 Å². The highest BCUT2D eigenvalue weighted by Gasteiger charge is 2.16. The summed E-state index contributed by atoms with van der Waals surface area (Å²) in [5, 5.41) is 14.5. The molecule has 2 saturated heterocycles. The Balaban J connectivity index is 1.41. The van der Waals surface area contributed by atoms with E-state index in [1.54, 1.807) is 0 Å². The Hall–Kier alpha value is -1.88. The van der Waals surface area contributed by atoms with Crippen LogP contribution in [0, 0.1) is 0 Å². The minimum Gasteiger partial charge on any atom is -0.314 e. The molecule has 40 heavy (non-hydrogen) atoms. The van der Waals surface area contributed by atoms with Crippen LogP contribution in [0.4, 0.5) is 0 Å². The van der Waals surface area contributed by atoms with Crippen LogP contribution in [0.15, 0.2) is 48.5 Å². The van der Waals surface area contributed by atoms with Crippen molar-refractivity contribution in [1.82, 2.24) is 40.9 Å². The molecule has 5 rings (SSSR count). The molecule has 4 N–H and O–H groups in total. The van der Waals surface area contributed by atoms with Gasteiger partial charge < -0.3 is 21.3 Å². The first-order valence-electron chi connectivity index (χ1n) is 15.7. The van der Waals surface area contributed by atoms with Crippen molar-refractivity contribution < 1.29 is 0 Å². The second kappa shape index (κ2) is 16.5. The van der Waals surface area contributed by atoms with Crippen LogP contribution in [0.3, 0.4) is 0 Å². The van der Waals surface area contributed by atoms with Gasteiger partial charge in [-0.2, -0.15) is 0 Å². The van der Waals surface area contributed by atoms with E-state index in [1.807, 2.05) is 0 Å². The van der Waals surface area contributed by atoms with Crippen LogP contribution in [0.2, 0.25) is 0 Å². The number of fused-ring (bicyclic) bond motifs is 10. The van der Waals surface area contributed by atoms with Crippen molar-refractivity contribution >= 4 is 0 Å². The summed E-state index contributed by atoms with van der Waals surface area (Å²) >= 11 is 0. The third kappa shape index (κ3) is 10.2. The van der Waals surface area contributed by atoms with Crippen molar-refractivity contribution in [2.24, 2.45) is 0 Å². The normalized spacial score (nSPS) is 28.6. The molecule has 220 valence electrons. The molecule has 3 heterocycles. The van der Waals surface area contributed by atoms with E-state index < -0.39 is 0 Å². The van der Waals surface area contributed by atoms with Crippen LogP contribution in [0.5, 0.6) is 0 Å². The number of benzene rings is 2. The summed E-state index contributed by atoms with van der Waals surface area (Å²) in [5.74, 6) is 0. The number of nitrogens with zero attached hydrogens (tertiary/aromatic N) is 4. The smallest absolute Gasteiger partial charge is 0.0234 e. The second-order valence-corrected chi connectivity index (χ2v) is 11.7. The molecule has 3 aliphatic heterocycles. The average molecular weight is 549 g/mol. The van der Waals surface area contributed by atoms with E-state index >= 15 is 0 Å². The fourth-order valence-corrected chi connectivity index (χ4v) is 6.13. The molecular formula is C32H52N8. The van der Waals surface area contributed by atoms with Gasteiger partial charge >= 0.3 is 0 Å². The maximum atomic E-state index is 3.64. The van der Waals surface area contributed by atoms with Crippen molar-refractivity contribution in [2.75, 3.05) is 105 Å². The molecule has 2 aromatic rings. The third-order valence-corrected chi connectivity index (χ3v) is 8.45. The molecule has 8 nitrogen and oxygen atoms in total. The van der Waals surface area contributed by atoms with E-state index in [1.165, 1.54) is 22.3 Å². The van der Waals surface area contributed by atoms with Crippen LogP contribution < -0.4 is 21.3 Å². The molecule has 0 aliphatic carbocycles. The van der Waals surface area contributed by atoms with Crippen LogP contribution >= 0.6 is 0 Å². The molecule has 0 aromatic heterocycles. The van der Waals surface area contributed by atoms with Gasteiger partial charge in [-0.15, -0.1) is 0 Å². The Kier molecular flexibility index (Phi) is 12.2. The van der Waals surface area contributed by atoms with Crippen molar-refractivity contribution in [2.45, 2.75) is 26.2 Å². The van der Waals surface area contributed by atoms with Gasteiger partial charge in [-0.1, -0.05) is 48.5 Å². The molecule has 8 bridgehead atoms. The van der Waals surface area contributed by atoms with E-state index in [2.05, 4.69) is 89.4 Å². The standard InChI is InChI=1S/C32H52N8/c1-3-29-23-30(4-1)26-38-16-12-34-8-10-36-14-18-40(22-20-38)28-32-6-2-5-31(24-32)27-39-17-13-35-9-7-33-11-15-37(25-29)19-21-39/h1-6,23-24,33-36H,7-22,25-28H2. The summed E-state index contributed by atoms with van der Waals surface area (Å²) in [7, 11) is 0. The van der Waals surface area contributed by atoms with E-state index in [-0.39, 0.29) is 0 Å². The molecule has 0 spiro atoms. The molecular weight excluding hydrogens is 496 g/mol. The van der Waals surface area contributed by atoms with Crippen LogP contribution in [-0.4, -0.2) is 124 Å². The Morgan fingerprint density at radius 3 is 0.900 bits per heavy atom. The van der Waals surface area contributed by atoms with Gasteiger partial charge in [0.25, 0.3) is 0 Å². The van der Waals surface area contributed by atoms with E-state index in [0.29, 0.717) is 0 Å². The molecule has 0 radical (unpaired) electrons. The van der Waals surface area contributed by atoms with E-state index in [4.69, 9.17) is 0 Å². The summed E-state index contributed by atoms with van der Waals surface area (Å²) in [5.41, 5.74) is 5.75. The predicted octanol–water partition coefficient (Wildman–Crippen LogP) is 0.994. The molecule has 0 amide bonds. The highest BCUT2D eigenvalue weighted by molar-refractivity contribution is 5.24. The molecule has 4 unspecified atom stereocenters. The topological polar surface area (TPSA) is 61.1 Å². The van der Waals surface area contributed by atoms with Gasteiger partial charge in [0.1, 0.15) is 0 Å². The highest BCUT2D eigenvalue weighted by atomic mass is 15.2. The number of rotatable bonds is 0. The summed E-state index contributed by atoms with van der Waals surface area (Å²) < 4.78 is 0. The molecule has 4 atom stereocenters. The fourth-order valence-electron chi connectivity index (χ4n) is 6.13. The third-order valence-electron chi connectivity index (χ3n) is 8.45. The van der Waals surface area contributed by atoms with Crippen LogP contribution in [0.25, 0.3) is 0 Å². The summed E-state index contributed by atoms with van der Waals surface area (Å²) in [6, 6.07) is 18.8. The zero-order valence-corrected chi connectivity index (χ0v) is 24.5. The van der Waals surface area contributed by atoms with Crippen molar-refractivity contribution in [1.29, 1.82) is 0 Å². The summed E-state index contributed by atoms with van der Waals surface area (Å²) in [4.78, 5) is 10.6. The lowest BCUT2D eigenvalue weighted by atomic mass is 10.1. The quantitative estimate of drug-likeness (QED) is 0.389. The van der Waals surface area contributed by atoms with Gasteiger partial charge in [0.15, 0.2) is 0 Å². The lowest BCUT2D eigenvalue weighted by Crippen LogP contribution is -2.43. The van der Waals surface area contributed by atoms with Gasteiger partial charge in [-0.05, 0) is 22.3 Å². The maximum absolute atomic E-state index is 3.64. The Labute approximate surface area is 242 Å². The van der Waals surface area contributed by atoms with E-state index in [9.17, 15) is 0 Å². The van der Waals surface area contributed by atoms with Gasteiger partial charge in [-0.3, -0.25) is 19.6 Å². The number of nitrogens with one attached hydrogen (secondary N) is 4. The minimum absolute atomic E-state index is 1.01. The monoisotopic (exact) mass is 548 g/mol. The average Bonchev–Trinajstić information content (AvgIpc) is 2.94. The maximum Gasteiger partial charge on any atom is 0.0234 e. The van der Waals surface area contributed by atoms with E-state index in [0.717, 1.165) is 131 Å². The molecule has 8 heteroatoms. The molecule has 2 aromatic carbocycles. The van der Waals surface area contributed by atoms with Crippen molar-refractivity contribution in [3.8, 4) is 0 Å². The number of hydrogen-bond acceptors (Lipinski definition) is 8. The first-order valence-corrected chi connectivity index (χ1v) is 15.7. The van der Waals surface area contributed by atoms with Gasteiger partial charge in [0, 0.05) is 131 Å². The largest absolute Gasteiger partial charge is 0.314 e. The zero-order chi connectivity index (χ0) is 27.2. The summed E-state index contributed by atoms with van der Waals surface area (Å²) in [6.07, 6.45) is 0. The fraction of sp³-hybridized carbons (Fsp3) is 0.625. The first kappa shape index (κ1) is 29.6. The molecule has 2 fully saturated rings. The zero-order valence-electron chi connectivity index (χ0n) is 24.5. The van der Waals surface area contributed by atoms with Crippen LogP contribution in [-0.2, 0) is 26.2 Å². The highest BCUT2D eigenvalue weighted by Crippen LogP contribution is 2.15. The lowest BCUT2D eigenvalue weighted by Gasteiger charge is -2.31. The summed E-state index contributed by atoms with van der Waals surface area (Å²) in [6.45, 7) is 21.0. The minimum atomic E-state index is 1.01. The van der Waals surface area contributed by atoms with Gasteiger partial charge in [0.05, 0.1) is 0 Å². The Bertz CT molecular complexity index is 850. The molecule has 3 aliphatic rings. The van der Waals surface area contributed by atoms with Crippen molar-refractivity contribution in [3.05, 3.63) is 70.8 Å². The van der Waals surface area contributed by atoms with Crippen LogP contribution in [0.1, 0.15) is 22.3 Å². The molecule has 0 saturated carbocycles. The predicted molar refractivity (Wildman–Crippen MR) is 165 cm³/mol. The Morgan fingerprint density at radius 1 is 0.350 bits per heavy atom. The van der Waals surface area contributed by atoms with Gasteiger partial charge in [-0.25, -0.2) is 0 Å².